The Kier molecular flexibility index (Phi) is 7.32. The minimum Gasteiger partial charge on any atom is -0.354 e. The molecule has 174 valence electrons. The number of anilines is 1. The second-order valence-electron chi connectivity index (χ2n) is 8.62. The number of hydrogen-bond acceptors (Lipinski definition) is 4. The number of hydrogen-bond donors (Lipinski definition) is 1. The van der Waals surface area contributed by atoms with Crippen LogP contribution in [0.3, 0.4) is 0 Å². The van der Waals surface area contributed by atoms with Crippen LogP contribution in [0.25, 0.3) is 11.0 Å². The zero-order chi connectivity index (χ0) is 23.9. The van der Waals surface area contributed by atoms with Crippen molar-refractivity contribution in [3.63, 3.8) is 0 Å². The summed E-state index contributed by atoms with van der Waals surface area (Å²) in [7, 11) is 0. The second kappa shape index (κ2) is 10.7. The number of amides is 2. The quantitative estimate of drug-likeness (QED) is 0.406. The minimum atomic E-state index is -0.821. The van der Waals surface area contributed by atoms with E-state index in [0.29, 0.717) is 23.7 Å². The lowest BCUT2D eigenvalue weighted by atomic mass is 10.0. The number of nitrogens with one attached hydrogen (secondary N) is 1. The van der Waals surface area contributed by atoms with Crippen LogP contribution in [0.4, 0.5) is 5.69 Å². The third-order valence-corrected chi connectivity index (χ3v) is 5.65. The number of carbonyl (C=O) groups is 2. The van der Waals surface area contributed by atoms with Crippen molar-refractivity contribution < 1.29 is 9.59 Å². The van der Waals surface area contributed by atoms with E-state index in [0.717, 1.165) is 17.5 Å². The minimum absolute atomic E-state index is 0.0436. The van der Waals surface area contributed by atoms with Crippen molar-refractivity contribution in [3.05, 3.63) is 90.5 Å². The van der Waals surface area contributed by atoms with Crippen LogP contribution < -0.4 is 10.2 Å². The number of benzene rings is 3. The molecule has 1 N–H and O–H groups in total. The molecule has 4 rings (SSSR count). The number of nitrogens with zero attached hydrogens (tertiary/aromatic N) is 4. The standard InChI is InChI=1S/C27H29N5O2/c1-20(2)17-18-28-27(34)26(21-11-5-3-6-12-21)32(22-13-7-4-8-14-22)25(33)19-31-24-16-10-9-15-23(24)29-30-31/h3-16,20,26H,17-19H2,1-2H3,(H,28,34)/t26-/m0/s1. The summed E-state index contributed by atoms with van der Waals surface area (Å²) >= 11 is 0. The lowest BCUT2D eigenvalue weighted by Gasteiger charge is -2.31. The first kappa shape index (κ1) is 23.2. The molecule has 34 heavy (non-hydrogen) atoms. The molecule has 1 atom stereocenters. The van der Waals surface area contributed by atoms with Crippen molar-refractivity contribution in [2.75, 3.05) is 11.4 Å². The average molecular weight is 456 g/mol. The largest absolute Gasteiger partial charge is 0.354 e. The van der Waals surface area contributed by atoms with Crippen molar-refractivity contribution >= 4 is 28.5 Å². The van der Waals surface area contributed by atoms with Crippen LogP contribution in [-0.4, -0.2) is 33.4 Å². The van der Waals surface area contributed by atoms with Crippen LogP contribution in [0.2, 0.25) is 0 Å². The van der Waals surface area contributed by atoms with Crippen LogP contribution in [0.15, 0.2) is 84.9 Å². The monoisotopic (exact) mass is 455 g/mol. The van der Waals surface area contributed by atoms with Crippen molar-refractivity contribution in [3.8, 4) is 0 Å². The molecule has 1 heterocycles. The summed E-state index contributed by atoms with van der Waals surface area (Å²) < 4.78 is 1.58. The Morgan fingerprint density at radius 1 is 0.912 bits per heavy atom. The highest BCUT2D eigenvalue weighted by Crippen LogP contribution is 2.28. The first-order chi connectivity index (χ1) is 16.5. The van der Waals surface area contributed by atoms with Gasteiger partial charge in [-0.05, 0) is 42.2 Å². The smallest absolute Gasteiger partial charge is 0.249 e. The molecule has 0 unspecified atom stereocenters. The molecule has 7 nitrogen and oxygen atoms in total. The molecule has 0 saturated heterocycles. The fourth-order valence-corrected chi connectivity index (χ4v) is 3.90. The van der Waals surface area contributed by atoms with Crippen LogP contribution in [0.5, 0.6) is 0 Å². The predicted molar refractivity (Wildman–Crippen MR) is 133 cm³/mol. The Balaban J connectivity index is 1.72. The lowest BCUT2D eigenvalue weighted by molar-refractivity contribution is -0.127. The average Bonchev–Trinajstić information content (AvgIpc) is 3.26. The first-order valence-corrected chi connectivity index (χ1v) is 11.5. The summed E-state index contributed by atoms with van der Waals surface area (Å²) in [5.74, 6) is -0.00912. The summed E-state index contributed by atoms with van der Waals surface area (Å²) in [5.41, 5.74) is 2.86. The molecule has 1 aromatic heterocycles. The maximum Gasteiger partial charge on any atom is 0.249 e. The van der Waals surface area contributed by atoms with Gasteiger partial charge in [0, 0.05) is 12.2 Å². The molecule has 0 saturated carbocycles. The summed E-state index contributed by atoms with van der Waals surface area (Å²) in [6.45, 7) is 4.73. The van der Waals surface area contributed by atoms with Gasteiger partial charge >= 0.3 is 0 Å². The van der Waals surface area contributed by atoms with Gasteiger partial charge in [0.05, 0.1) is 5.52 Å². The summed E-state index contributed by atoms with van der Waals surface area (Å²) in [4.78, 5) is 28.9. The van der Waals surface area contributed by atoms with Gasteiger partial charge in [0.25, 0.3) is 0 Å². The van der Waals surface area contributed by atoms with E-state index >= 15 is 0 Å². The maximum atomic E-state index is 13.8. The van der Waals surface area contributed by atoms with Gasteiger partial charge in [0.1, 0.15) is 18.1 Å². The highest BCUT2D eigenvalue weighted by atomic mass is 16.2. The third kappa shape index (κ3) is 5.31. The maximum absolute atomic E-state index is 13.8. The summed E-state index contributed by atoms with van der Waals surface area (Å²) in [6, 6.07) is 25.4. The van der Waals surface area contributed by atoms with Crippen molar-refractivity contribution in [2.45, 2.75) is 32.9 Å². The van der Waals surface area contributed by atoms with Gasteiger partial charge in [-0.1, -0.05) is 79.7 Å². The highest BCUT2D eigenvalue weighted by molar-refractivity contribution is 6.01. The van der Waals surface area contributed by atoms with Gasteiger partial charge in [-0.25, -0.2) is 4.68 Å². The number of aromatic nitrogens is 3. The normalized spacial score (nSPS) is 12.0. The number of carbonyl (C=O) groups excluding carboxylic acids is 2. The van der Waals surface area contributed by atoms with Gasteiger partial charge in [-0.15, -0.1) is 5.10 Å². The third-order valence-electron chi connectivity index (χ3n) is 5.65. The zero-order valence-corrected chi connectivity index (χ0v) is 19.5. The molecule has 4 aromatic rings. The second-order valence-corrected chi connectivity index (χ2v) is 8.62. The van der Waals surface area contributed by atoms with Crippen LogP contribution in [-0.2, 0) is 16.1 Å². The van der Waals surface area contributed by atoms with E-state index in [1.54, 1.807) is 9.58 Å². The molecule has 0 aliphatic carbocycles. The van der Waals surface area contributed by atoms with Crippen LogP contribution >= 0.6 is 0 Å². The SMILES string of the molecule is CC(C)CCNC(=O)[C@H](c1ccccc1)N(C(=O)Cn1nnc2ccccc21)c1ccccc1. The Bertz CT molecular complexity index is 1240. The van der Waals surface area contributed by atoms with E-state index in [-0.39, 0.29) is 18.4 Å². The fraction of sp³-hybridized carbons (Fsp3) is 0.259. The van der Waals surface area contributed by atoms with Crippen molar-refractivity contribution in [2.24, 2.45) is 5.92 Å². The molecule has 0 radical (unpaired) electrons. The predicted octanol–water partition coefficient (Wildman–Crippen LogP) is 4.37. The molecule has 0 bridgehead atoms. The van der Waals surface area contributed by atoms with Gasteiger partial charge in [0.2, 0.25) is 11.8 Å². The molecule has 7 heteroatoms. The first-order valence-electron chi connectivity index (χ1n) is 11.5. The molecule has 0 spiro atoms. The van der Waals surface area contributed by atoms with Gasteiger partial charge in [-0.3, -0.25) is 14.5 Å². The molecule has 3 aromatic carbocycles. The zero-order valence-electron chi connectivity index (χ0n) is 19.5. The van der Waals surface area contributed by atoms with E-state index < -0.39 is 6.04 Å². The molecular weight excluding hydrogens is 426 g/mol. The Hall–Kier alpha value is -4.00. The van der Waals surface area contributed by atoms with E-state index in [1.807, 2.05) is 84.9 Å². The molecular formula is C27H29N5O2. The Morgan fingerprint density at radius 2 is 1.56 bits per heavy atom. The molecule has 2 amide bonds. The van der Waals surface area contributed by atoms with E-state index in [1.165, 1.54) is 0 Å². The molecule has 0 aliphatic rings. The van der Waals surface area contributed by atoms with Crippen LogP contribution in [0, 0.1) is 5.92 Å². The van der Waals surface area contributed by atoms with Gasteiger partial charge < -0.3 is 5.32 Å². The number of fused-ring (bicyclic) bond motifs is 1. The molecule has 0 aliphatic heterocycles. The van der Waals surface area contributed by atoms with Gasteiger partial charge in [0.15, 0.2) is 0 Å². The summed E-state index contributed by atoms with van der Waals surface area (Å²) in [5, 5.41) is 11.4. The fourth-order valence-electron chi connectivity index (χ4n) is 3.90. The number of rotatable bonds is 9. The van der Waals surface area contributed by atoms with Crippen molar-refractivity contribution in [1.29, 1.82) is 0 Å². The Morgan fingerprint density at radius 3 is 2.26 bits per heavy atom. The topological polar surface area (TPSA) is 80.1 Å². The van der Waals surface area contributed by atoms with Crippen LogP contribution in [0.1, 0.15) is 31.9 Å². The van der Waals surface area contributed by atoms with E-state index in [4.69, 9.17) is 0 Å². The summed E-state index contributed by atoms with van der Waals surface area (Å²) in [6.07, 6.45) is 0.859. The van der Waals surface area contributed by atoms with E-state index in [2.05, 4.69) is 29.5 Å². The number of para-hydroxylation sites is 2. The van der Waals surface area contributed by atoms with Gasteiger partial charge in [-0.2, -0.15) is 0 Å². The molecule has 0 fully saturated rings. The van der Waals surface area contributed by atoms with E-state index in [9.17, 15) is 9.59 Å². The lowest BCUT2D eigenvalue weighted by Crippen LogP contribution is -2.45. The van der Waals surface area contributed by atoms with Crippen molar-refractivity contribution in [1.82, 2.24) is 20.3 Å². The Labute approximate surface area is 199 Å². The highest BCUT2D eigenvalue weighted by Gasteiger charge is 2.33.